The van der Waals surface area contributed by atoms with Crippen LogP contribution in [-0.4, -0.2) is 42.8 Å². The van der Waals surface area contributed by atoms with E-state index in [1.165, 1.54) is 13.8 Å². The molecule has 0 aromatic heterocycles. The average Bonchev–Trinajstić information content (AvgIpc) is 3.19. The standard InChI is InChI=1S/C15H14O6/c1-7(16)12-10(20-6-9-5-19-9)3-4-11-13(12)14(18)15(21-11)8(2)17/h3-4,9,15H,5-6H2,1-2H3. The maximum Gasteiger partial charge on any atom is 0.219 e. The first-order valence-electron chi connectivity index (χ1n) is 6.62. The Morgan fingerprint density at radius 2 is 2.05 bits per heavy atom. The van der Waals surface area contributed by atoms with Gasteiger partial charge in [0.1, 0.15) is 24.2 Å². The minimum atomic E-state index is -1.17. The highest BCUT2D eigenvalue weighted by Crippen LogP contribution is 2.37. The lowest BCUT2D eigenvalue weighted by Crippen LogP contribution is -2.28. The summed E-state index contributed by atoms with van der Waals surface area (Å²) in [5.41, 5.74) is 0.304. The van der Waals surface area contributed by atoms with Crippen LogP contribution in [0.2, 0.25) is 0 Å². The fourth-order valence-corrected chi connectivity index (χ4v) is 2.30. The number of ether oxygens (including phenoxy) is 3. The van der Waals surface area contributed by atoms with Gasteiger partial charge in [-0.15, -0.1) is 0 Å². The van der Waals surface area contributed by atoms with E-state index >= 15 is 0 Å². The second-order valence-corrected chi connectivity index (χ2v) is 5.11. The minimum Gasteiger partial charge on any atom is -0.490 e. The molecule has 2 unspecified atom stereocenters. The van der Waals surface area contributed by atoms with Crippen molar-refractivity contribution in [1.82, 2.24) is 0 Å². The summed E-state index contributed by atoms with van der Waals surface area (Å²) in [5.74, 6) is -0.617. The number of fused-ring (bicyclic) bond motifs is 1. The van der Waals surface area contributed by atoms with Gasteiger partial charge in [-0.25, -0.2) is 0 Å². The molecule has 1 fully saturated rings. The smallest absolute Gasteiger partial charge is 0.219 e. The molecule has 0 saturated carbocycles. The highest BCUT2D eigenvalue weighted by Gasteiger charge is 2.39. The van der Waals surface area contributed by atoms with Crippen LogP contribution in [0, 0.1) is 0 Å². The molecule has 1 aromatic rings. The first-order valence-corrected chi connectivity index (χ1v) is 6.62. The lowest BCUT2D eigenvalue weighted by Gasteiger charge is -2.11. The van der Waals surface area contributed by atoms with Crippen LogP contribution in [0.1, 0.15) is 34.6 Å². The zero-order valence-corrected chi connectivity index (χ0v) is 11.7. The molecular formula is C15H14O6. The van der Waals surface area contributed by atoms with E-state index in [-0.39, 0.29) is 34.5 Å². The number of ketones is 3. The predicted octanol–water partition coefficient (Wildman–Crippen LogP) is 1.20. The van der Waals surface area contributed by atoms with Crippen molar-refractivity contribution in [2.75, 3.05) is 13.2 Å². The van der Waals surface area contributed by atoms with Crippen molar-refractivity contribution in [3.05, 3.63) is 23.3 Å². The molecule has 2 aliphatic rings. The van der Waals surface area contributed by atoms with E-state index in [2.05, 4.69) is 0 Å². The Balaban J connectivity index is 2.00. The molecule has 0 aliphatic carbocycles. The van der Waals surface area contributed by atoms with Crippen LogP contribution < -0.4 is 9.47 Å². The molecule has 1 saturated heterocycles. The molecule has 6 heteroatoms. The van der Waals surface area contributed by atoms with E-state index in [1.807, 2.05) is 0 Å². The number of rotatable bonds is 5. The Bertz CT molecular complexity index is 644. The first kappa shape index (κ1) is 13.8. The number of carbonyl (C=O) groups is 3. The predicted molar refractivity (Wildman–Crippen MR) is 71.1 cm³/mol. The average molecular weight is 290 g/mol. The van der Waals surface area contributed by atoms with Gasteiger partial charge in [0.05, 0.1) is 17.7 Å². The normalized spacial score (nSPS) is 22.5. The summed E-state index contributed by atoms with van der Waals surface area (Å²) in [7, 11) is 0. The Morgan fingerprint density at radius 3 is 2.62 bits per heavy atom. The third kappa shape index (κ3) is 2.42. The maximum absolute atomic E-state index is 12.3. The van der Waals surface area contributed by atoms with E-state index in [4.69, 9.17) is 14.2 Å². The fourth-order valence-electron chi connectivity index (χ4n) is 2.30. The van der Waals surface area contributed by atoms with Gasteiger partial charge in [-0.2, -0.15) is 0 Å². The van der Waals surface area contributed by atoms with Crippen molar-refractivity contribution in [2.45, 2.75) is 26.1 Å². The molecule has 21 heavy (non-hydrogen) atoms. The maximum atomic E-state index is 12.3. The van der Waals surface area contributed by atoms with Gasteiger partial charge in [0, 0.05) is 0 Å². The number of Topliss-reactive ketones (excluding diaryl/α,β-unsaturated/α-hetero) is 3. The van der Waals surface area contributed by atoms with E-state index in [9.17, 15) is 14.4 Å². The molecular weight excluding hydrogens is 276 g/mol. The molecule has 110 valence electrons. The zero-order chi connectivity index (χ0) is 15.1. The van der Waals surface area contributed by atoms with Gasteiger partial charge in [-0.3, -0.25) is 14.4 Å². The summed E-state index contributed by atoms with van der Waals surface area (Å²) >= 11 is 0. The number of carbonyl (C=O) groups excluding carboxylic acids is 3. The quantitative estimate of drug-likeness (QED) is 0.460. The summed E-state index contributed by atoms with van der Waals surface area (Å²) in [6, 6.07) is 3.12. The van der Waals surface area contributed by atoms with E-state index in [1.54, 1.807) is 12.1 Å². The third-order valence-corrected chi connectivity index (χ3v) is 3.41. The molecule has 0 spiro atoms. The van der Waals surface area contributed by atoms with Crippen LogP contribution in [0.3, 0.4) is 0 Å². The summed E-state index contributed by atoms with van der Waals surface area (Å²) in [5, 5.41) is 0. The highest BCUT2D eigenvalue weighted by molar-refractivity contribution is 6.21. The molecule has 0 bridgehead atoms. The van der Waals surface area contributed by atoms with Gasteiger partial charge in [-0.05, 0) is 26.0 Å². The molecule has 3 rings (SSSR count). The van der Waals surface area contributed by atoms with E-state index in [0.29, 0.717) is 19.0 Å². The van der Waals surface area contributed by atoms with Crippen LogP contribution >= 0.6 is 0 Å². The lowest BCUT2D eigenvalue weighted by atomic mass is 9.97. The van der Waals surface area contributed by atoms with Gasteiger partial charge in [-0.1, -0.05) is 0 Å². The number of benzene rings is 1. The minimum absolute atomic E-state index is 0.0370. The van der Waals surface area contributed by atoms with Crippen molar-refractivity contribution in [3.8, 4) is 11.5 Å². The monoisotopic (exact) mass is 290 g/mol. The highest BCUT2D eigenvalue weighted by atomic mass is 16.6. The van der Waals surface area contributed by atoms with Gasteiger partial charge >= 0.3 is 0 Å². The second kappa shape index (κ2) is 4.96. The Morgan fingerprint density at radius 1 is 1.33 bits per heavy atom. The SMILES string of the molecule is CC(=O)c1c(OCC2CO2)ccc2c1C(=O)C(C(C)=O)O2. The molecule has 0 N–H and O–H groups in total. The first-order chi connectivity index (χ1) is 9.99. The molecule has 2 aliphatic heterocycles. The topological polar surface area (TPSA) is 82.2 Å². The van der Waals surface area contributed by atoms with Crippen molar-refractivity contribution in [3.63, 3.8) is 0 Å². The molecule has 2 heterocycles. The Kier molecular flexibility index (Phi) is 3.25. The van der Waals surface area contributed by atoms with Crippen LogP contribution in [0.4, 0.5) is 0 Å². The summed E-state index contributed by atoms with van der Waals surface area (Å²) in [6.45, 7) is 3.59. The van der Waals surface area contributed by atoms with Gasteiger partial charge < -0.3 is 14.2 Å². The Labute approximate surface area is 121 Å². The number of hydrogen-bond donors (Lipinski definition) is 0. The van der Waals surface area contributed by atoms with Crippen molar-refractivity contribution in [1.29, 1.82) is 0 Å². The molecule has 1 aromatic carbocycles. The van der Waals surface area contributed by atoms with Crippen molar-refractivity contribution >= 4 is 17.3 Å². The van der Waals surface area contributed by atoms with Crippen LogP contribution in [0.5, 0.6) is 11.5 Å². The fraction of sp³-hybridized carbons (Fsp3) is 0.400. The van der Waals surface area contributed by atoms with Gasteiger partial charge in [0.2, 0.25) is 11.9 Å². The zero-order valence-electron chi connectivity index (χ0n) is 11.7. The molecule has 2 atom stereocenters. The largest absolute Gasteiger partial charge is 0.490 e. The van der Waals surface area contributed by atoms with Crippen molar-refractivity contribution in [2.24, 2.45) is 0 Å². The lowest BCUT2D eigenvalue weighted by molar-refractivity contribution is -0.121. The van der Waals surface area contributed by atoms with Crippen LogP contribution in [-0.2, 0) is 9.53 Å². The van der Waals surface area contributed by atoms with Gasteiger partial charge in [0.15, 0.2) is 11.6 Å². The van der Waals surface area contributed by atoms with Crippen molar-refractivity contribution < 1.29 is 28.6 Å². The second-order valence-electron chi connectivity index (χ2n) is 5.11. The van der Waals surface area contributed by atoms with Gasteiger partial charge in [0.25, 0.3) is 0 Å². The number of epoxide rings is 1. The molecule has 0 radical (unpaired) electrons. The summed E-state index contributed by atoms with van der Waals surface area (Å²) < 4.78 is 15.9. The third-order valence-electron chi connectivity index (χ3n) is 3.41. The summed E-state index contributed by atoms with van der Waals surface area (Å²) in [4.78, 5) is 35.6. The molecule has 0 amide bonds. The molecule has 6 nitrogen and oxygen atoms in total. The van der Waals surface area contributed by atoms with E-state index < -0.39 is 11.9 Å². The Hall–Kier alpha value is -2.21. The number of hydrogen-bond acceptors (Lipinski definition) is 6. The van der Waals surface area contributed by atoms with Crippen LogP contribution in [0.25, 0.3) is 0 Å². The summed E-state index contributed by atoms with van der Waals surface area (Å²) in [6.07, 6.45) is -1.13. The van der Waals surface area contributed by atoms with Crippen LogP contribution in [0.15, 0.2) is 12.1 Å². The van der Waals surface area contributed by atoms with E-state index in [0.717, 1.165) is 0 Å².